The SMILES string of the molecule is COC[C@@H](NC(=O)N[C@H](C(=O)N1C[C@H]2[C@@H]([C@H]1C(=O)NC(CCC1CC1)C(=O)C(N)=O)C2(Cl)Cl)C(C)(C)C)C(C)(C)C. The van der Waals surface area contributed by atoms with Gasteiger partial charge in [0.1, 0.15) is 16.4 Å². The number of fused-ring (bicyclic) bond motifs is 1. The number of alkyl halides is 2. The Morgan fingerprint density at radius 3 is 2.10 bits per heavy atom. The van der Waals surface area contributed by atoms with Crippen LogP contribution in [0.2, 0.25) is 0 Å². The first-order valence-electron chi connectivity index (χ1n) is 14.2. The summed E-state index contributed by atoms with van der Waals surface area (Å²) in [4.78, 5) is 66.4. The zero-order chi connectivity index (χ0) is 31.1. The number of ketones is 1. The van der Waals surface area contributed by atoms with E-state index in [-0.39, 0.29) is 36.9 Å². The number of methoxy groups -OCH3 is 1. The summed E-state index contributed by atoms with van der Waals surface area (Å²) in [6.07, 6.45) is 3.01. The van der Waals surface area contributed by atoms with Gasteiger partial charge in [0.15, 0.2) is 0 Å². The summed E-state index contributed by atoms with van der Waals surface area (Å²) in [5.41, 5.74) is 4.22. The van der Waals surface area contributed by atoms with Crippen LogP contribution in [0.15, 0.2) is 0 Å². The molecule has 3 fully saturated rings. The van der Waals surface area contributed by atoms with Crippen LogP contribution in [0.1, 0.15) is 67.2 Å². The topological polar surface area (TPSA) is 160 Å². The zero-order valence-electron chi connectivity index (χ0n) is 25.0. The van der Waals surface area contributed by atoms with Crippen molar-refractivity contribution in [1.82, 2.24) is 20.9 Å². The second-order valence-corrected chi connectivity index (χ2v) is 15.3. The van der Waals surface area contributed by atoms with Gasteiger partial charge in [-0.05, 0) is 29.6 Å². The highest BCUT2D eigenvalue weighted by Gasteiger charge is 2.74. The molecule has 3 rings (SSSR count). The van der Waals surface area contributed by atoms with E-state index in [0.29, 0.717) is 12.3 Å². The first-order chi connectivity index (χ1) is 18.8. The van der Waals surface area contributed by atoms with E-state index in [0.717, 1.165) is 12.8 Å². The van der Waals surface area contributed by atoms with Crippen molar-refractivity contribution in [3.05, 3.63) is 0 Å². The third-order valence-corrected chi connectivity index (χ3v) is 9.46. The van der Waals surface area contributed by atoms with E-state index < -0.39 is 63.3 Å². The quantitative estimate of drug-likeness (QED) is 0.194. The molecule has 1 heterocycles. The number of ether oxygens (including phenoxy) is 1. The summed E-state index contributed by atoms with van der Waals surface area (Å²) < 4.78 is 4.06. The van der Waals surface area contributed by atoms with Crippen LogP contribution in [-0.4, -0.2) is 83.2 Å². The fraction of sp³-hybridized carbons (Fsp3) is 0.821. The molecule has 5 amide bonds. The van der Waals surface area contributed by atoms with Crippen molar-refractivity contribution >= 4 is 52.7 Å². The number of nitrogens with zero attached hydrogens (tertiary/aromatic N) is 1. The van der Waals surface area contributed by atoms with E-state index in [1.54, 1.807) is 7.11 Å². The average Bonchev–Trinajstić information content (AvgIpc) is 3.70. The number of carbonyl (C=O) groups is 5. The number of amides is 5. The molecule has 0 aromatic rings. The molecule has 2 saturated carbocycles. The van der Waals surface area contributed by atoms with Gasteiger partial charge in [-0.3, -0.25) is 19.2 Å². The molecule has 1 aliphatic heterocycles. The highest BCUT2D eigenvalue weighted by molar-refractivity contribution is 6.51. The van der Waals surface area contributed by atoms with Crippen LogP contribution in [0.25, 0.3) is 0 Å². The lowest BCUT2D eigenvalue weighted by Crippen LogP contribution is -2.62. The number of Topliss-reactive ketones (excluding diaryl/α,β-unsaturated/α-hetero) is 1. The van der Waals surface area contributed by atoms with Crippen LogP contribution < -0.4 is 21.7 Å². The Morgan fingerprint density at radius 1 is 1.00 bits per heavy atom. The molecule has 232 valence electrons. The minimum atomic E-state index is -1.21. The molecule has 0 aromatic carbocycles. The van der Waals surface area contributed by atoms with Gasteiger partial charge in [-0.25, -0.2) is 4.79 Å². The van der Waals surface area contributed by atoms with Gasteiger partial charge in [0, 0.05) is 25.5 Å². The van der Waals surface area contributed by atoms with Crippen molar-refractivity contribution in [2.24, 2.45) is 34.3 Å². The summed E-state index contributed by atoms with van der Waals surface area (Å²) in [7, 11) is 1.55. The summed E-state index contributed by atoms with van der Waals surface area (Å²) in [5, 5.41) is 8.37. The molecule has 2 aliphatic carbocycles. The fourth-order valence-electron chi connectivity index (χ4n) is 5.46. The third-order valence-electron chi connectivity index (χ3n) is 8.39. The van der Waals surface area contributed by atoms with Gasteiger partial charge in [-0.15, -0.1) is 23.2 Å². The second-order valence-electron chi connectivity index (χ2n) is 13.8. The first-order valence-corrected chi connectivity index (χ1v) is 14.9. The van der Waals surface area contributed by atoms with Crippen molar-refractivity contribution in [3.63, 3.8) is 0 Å². The van der Waals surface area contributed by atoms with Crippen LogP contribution in [0.4, 0.5) is 4.79 Å². The number of urea groups is 1. The molecular weight excluding hydrogens is 573 g/mol. The standard InChI is InChI=1S/C28H45Cl2N5O6/c1-26(2,3)17(13-41-7)33-25(40)34-21(27(4,5)6)24(39)35-12-15-18(28(15,29)30)19(35)23(38)32-16(20(36)22(31)37)11-10-14-8-9-14/h14-19,21H,8-13H2,1-7H3,(H2,31,37)(H,32,38)(H2,33,34,40)/t15-,16?,17+,18-,19-,21+/m0/s1. The van der Waals surface area contributed by atoms with Crippen molar-refractivity contribution in [3.8, 4) is 0 Å². The number of primary amides is 1. The molecule has 1 saturated heterocycles. The molecule has 0 spiro atoms. The molecule has 13 heteroatoms. The maximum Gasteiger partial charge on any atom is 0.315 e. The maximum atomic E-state index is 14.0. The Hall–Kier alpha value is -2.11. The molecule has 1 unspecified atom stereocenters. The average molecular weight is 619 g/mol. The normalized spacial score (nSPS) is 25.4. The number of hydrogen-bond donors (Lipinski definition) is 4. The number of rotatable bonds is 12. The van der Waals surface area contributed by atoms with Crippen molar-refractivity contribution in [1.29, 1.82) is 0 Å². The highest BCUT2D eigenvalue weighted by Crippen LogP contribution is 2.65. The summed E-state index contributed by atoms with van der Waals surface area (Å²) in [6, 6.07) is -4.07. The van der Waals surface area contributed by atoms with Gasteiger partial charge < -0.3 is 31.3 Å². The molecular formula is C28H45Cl2N5O6. The number of piperidine rings is 1. The summed E-state index contributed by atoms with van der Waals surface area (Å²) in [5.74, 6) is -3.59. The summed E-state index contributed by atoms with van der Waals surface area (Å²) in [6.45, 7) is 11.7. The lowest BCUT2D eigenvalue weighted by Gasteiger charge is -2.38. The monoisotopic (exact) mass is 617 g/mol. The lowest BCUT2D eigenvalue weighted by atomic mass is 9.85. The Kier molecular flexibility index (Phi) is 9.97. The minimum absolute atomic E-state index is 0.106. The van der Waals surface area contributed by atoms with Crippen LogP contribution in [0.5, 0.6) is 0 Å². The Balaban J connectivity index is 1.81. The van der Waals surface area contributed by atoms with Gasteiger partial charge in [0.05, 0.1) is 18.7 Å². The van der Waals surface area contributed by atoms with E-state index in [1.165, 1.54) is 4.90 Å². The largest absolute Gasteiger partial charge is 0.383 e. The van der Waals surface area contributed by atoms with Gasteiger partial charge >= 0.3 is 6.03 Å². The highest BCUT2D eigenvalue weighted by atomic mass is 35.5. The fourth-order valence-corrected chi connectivity index (χ4v) is 6.29. The minimum Gasteiger partial charge on any atom is -0.383 e. The third kappa shape index (κ3) is 7.84. The molecule has 6 atom stereocenters. The van der Waals surface area contributed by atoms with Crippen LogP contribution in [0, 0.1) is 28.6 Å². The molecule has 0 bridgehead atoms. The summed E-state index contributed by atoms with van der Waals surface area (Å²) >= 11 is 13.0. The van der Waals surface area contributed by atoms with Gasteiger partial charge in [0.25, 0.3) is 5.91 Å². The van der Waals surface area contributed by atoms with Gasteiger partial charge in [-0.1, -0.05) is 54.4 Å². The molecule has 41 heavy (non-hydrogen) atoms. The predicted molar refractivity (Wildman–Crippen MR) is 155 cm³/mol. The van der Waals surface area contributed by atoms with E-state index in [9.17, 15) is 24.0 Å². The van der Waals surface area contributed by atoms with E-state index in [1.807, 2.05) is 41.5 Å². The lowest BCUT2D eigenvalue weighted by molar-refractivity contribution is -0.144. The number of nitrogens with two attached hydrogens (primary N) is 1. The Labute approximate surface area is 252 Å². The zero-order valence-corrected chi connectivity index (χ0v) is 26.5. The Morgan fingerprint density at radius 2 is 1.61 bits per heavy atom. The van der Waals surface area contributed by atoms with Crippen molar-refractivity contribution in [2.45, 2.75) is 95.7 Å². The molecule has 0 aromatic heterocycles. The number of hydrogen-bond acceptors (Lipinski definition) is 6. The number of carbonyl (C=O) groups excluding carboxylic acids is 5. The molecule has 0 radical (unpaired) electrons. The second kappa shape index (κ2) is 12.2. The maximum absolute atomic E-state index is 14.0. The van der Waals surface area contributed by atoms with Crippen molar-refractivity contribution in [2.75, 3.05) is 20.3 Å². The molecule has 5 N–H and O–H groups in total. The van der Waals surface area contributed by atoms with E-state index in [2.05, 4.69) is 16.0 Å². The number of likely N-dealkylation sites (tertiary alicyclic amines) is 1. The van der Waals surface area contributed by atoms with E-state index in [4.69, 9.17) is 33.7 Å². The smallest absolute Gasteiger partial charge is 0.315 e. The predicted octanol–water partition coefficient (Wildman–Crippen LogP) is 2.12. The van der Waals surface area contributed by atoms with E-state index >= 15 is 0 Å². The first kappa shape index (κ1) is 33.4. The van der Waals surface area contributed by atoms with Crippen LogP contribution >= 0.6 is 23.2 Å². The van der Waals surface area contributed by atoms with Crippen LogP contribution in [-0.2, 0) is 23.9 Å². The molecule has 3 aliphatic rings. The Bertz CT molecular complexity index is 1050. The molecule has 11 nitrogen and oxygen atoms in total. The number of halogens is 2. The number of nitrogens with one attached hydrogen (secondary N) is 3. The van der Waals surface area contributed by atoms with Gasteiger partial charge in [-0.2, -0.15) is 0 Å². The van der Waals surface area contributed by atoms with Crippen LogP contribution in [0.3, 0.4) is 0 Å². The van der Waals surface area contributed by atoms with Crippen molar-refractivity contribution < 1.29 is 28.7 Å². The van der Waals surface area contributed by atoms with Gasteiger partial charge in [0.2, 0.25) is 17.6 Å².